The molecule has 0 atom stereocenters. The highest BCUT2D eigenvalue weighted by atomic mass is 79.9. The Bertz CT molecular complexity index is 470. The Hall–Kier alpha value is -0.480. The van der Waals surface area contributed by atoms with Gasteiger partial charge in [0.15, 0.2) is 0 Å². The molecule has 0 fully saturated rings. The molecule has 0 saturated heterocycles. The summed E-state index contributed by atoms with van der Waals surface area (Å²) in [5.41, 5.74) is 0.766. The molecule has 2 rings (SSSR count). The second-order valence-electron chi connectivity index (χ2n) is 2.59. The van der Waals surface area contributed by atoms with Crippen LogP contribution in [0.2, 0.25) is 0 Å². The fourth-order valence-electron chi connectivity index (χ4n) is 1.13. The average Bonchev–Trinajstić information content (AvgIpc) is 2.06. The standard InChI is InChI=1S/C9H4Br2FN/c10-7-4-9(11)13-8-2-1-5(12)3-6(7)8/h1-4H. The van der Waals surface area contributed by atoms with Gasteiger partial charge in [-0.15, -0.1) is 0 Å². The normalized spacial score (nSPS) is 10.7. The van der Waals surface area contributed by atoms with E-state index < -0.39 is 0 Å². The van der Waals surface area contributed by atoms with Crippen LogP contribution in [-0.4, -0.2) is 4.98 Å². The van der Waals surface area contributed by atoms with E-state index in [1.54, 1.807) is 12.1 Å². The highest BCUT2D eigenvalue weighted by Gasteiger charge is 2.02. The average molecular weight is 305 g/mol. The van der Waals surface area contributed by atoms with E-state index in [0.717, 1.165) is 20.0 Å². The quantitative estimate of drug-likeness (QED) is 0.673. The first-order valence-electron chi connectivity index (χ1n) is 3.58. The zero-order valence-electron chi connectivity index (χ0n) is 6.39. The fraction of sp³-hybridized carbons (Fsp3) is 0. The Morgan fingerprint density at radius 1 is 1.15 bits per heavy atom. The minimum atomic E-state index is -0.252. The molecule has 0 N–H and O–H groups in total. The van der Waals surface area contributed by atoms with E-state index in [4.69, 9.17) is 0 Å². The predicted molar refractivity (Wildman–Crippen MR) is 57.1 cm³/mol. The molecular weight excluding hydrogens is 301 g/mol. The van der Waals surface area contributed by atoms with Gasteiger partial charge < -0.3 is 0 Å². The second kappa shape index (κ2) is 3.35. The summed E-state index contributed by atoms with van der Waals surface area (Å²) in [5.74, 6) is -0.252. The lowest BCUT2D eigenvalue weighted by Crippen LogP contribution is -1.83. The molecule has 1 heterocycles. The largest absolute Gasteiger partial charge is 0.241 e. The van der Waals surface area contributed by atoms with Crippen molar-refractivity contribution in [1.29, 1.82) is 0 Å². The Kier molecular flexibility index (Phi) is 2.34. The van der Waals surface area contributed by atoms with Crippen molar-refractivity contribution < 1.29 is 4.39 Å². The zero-order chi connectivity index (χ0) is 9.42. The Labute approximate surface area is 91.2 Å². The Morgan fingerprint density at radius 3 is 2.69 bits per heavy atom. The van der Waals surface area contributed by atoms with Crippen LogP contribution in [0, 0.1) is 5.82 Å². The van der Waals surface area contributed by atoms with Crippen LogP contribution in [0.4, 0.5) is 4.39 Å². The van der Waals surface area contributed by atoms with Crippen molar-refractivity contribution in [2.45, 2.75) is 0 Å². The van der Waals surface area contributed by atoms with Crippen LogP contribution < -0.4 is 0 Å². The molecule has 1 aromatic carbocycles. The third-order valence-electron chi connectivity index (χ3n) is 1.69. The molecule has 2 aromatic rings. The van der Waals surface area contributed by atoms with Crippen LogP contribution in [0.25, 0.3) is 10.9 Å². The maximum absolute atomic E-state index is 12.9. The van der Waals surface area contributed by atoms with Gasteiger partial charge in [0, 0.05) is 9.86 Å². The summed E-state index contributed by atoms with van der Waals surface area (Å²) >= 11 is 6.61. The Morgan fingerprint density at radius 2 is 1.92 bits per heavy atom. The van der Waals surface area contributed by atoms with Gasteiger partial charge in [-0.25, -0.2) is 9.37 Å². The number of rotatable bonds is 0. The SMILES string of the molecule is Fc1ccc2nc(Br)cc(Br)c2c1. The molecule has 1 nitrogen and oxygen atoms in total. The summed E-state index contributed by atoms with van der Waals surface area (Å²) in [6.07, 6.45) is 0. The number of hydrogen-bond acceptors (Lipinski definition) is 1. The van der Waals surface area contributed by atoms with Crippen LogP contribution in [0.5, 0.6) is 0 Å². The van der Waals surface area contributed by atoms with E-state index >= 15 is 0 Å². The molecule has 0 spiro atoms. The topological polar surface area (TPSA) is 12.9 Å². The van der Waals surface area contributed by atoms with Crippen LogP contribution in [0.1, 0.15) is 0 Å². The van der Waals surface area contributed by atoms with Crippen molar-refractivity contribution in [3.63, 3.8) is 0 Å². The number of nitrogens with zero attached hydrogens (tertiary/aromatic N) is 1. The van der Waals surface area contributed by atoms with Gasteiger partial charge in [-0.2, -0.15) is 0 Å². The molecule has 0 saturated carbocycles. The molecule has 4 heteroatoms. The molecule has 0 radical (unpaired) electrons. The molecule has 66 valence electrons. The van der Waals surface area contributed by atoms with Gasteiger partial charge in [-0.3, -0.25) is 0 Å². The molecule has 13 heavy (non-hydrogen) atoms. The van der Waals surface area contributed by atoms with Gasteiger partial charge in [0.1, 0.15) is 10.4 Å². The van der Waals surface area contributed by atoms with E-state index in [0.29, 0.717) is 0 Å². The highest BCUT2D eigenvalue weighted by Crippen LogP contribution is 2.26. The molecule has 1 aromatic heterocycles. The van der Waals surface area contributed by atoms with Crippen LogP contribution >= 0.6 is 31.9 Å². The number of pyridine rings is 1. The van der Waals surface area contributed by atoms with Gasteiger partial charge in [-0.1, -0.05) is 0 Å². The van der Waals surface area contributed by atoms with Crippen LogP contribution in [-0.2, 0) is 0 Å². The van der Waals surface area contributed by atoms with Crippen molar-refractivity contribution >= 4 is 42.8 Å². The lowest BCUT2D eigenvalue weighted by atomic mass is 10.2. The summed E-state index contributed by atoms with van der Waals surface area (Å²) in [7, 11) is 0. The number of halogens is 3. The minimum Gasteiger partial charge on any atom is -0.241 e. The number of benzene rings is 1. The summed E-state index contributed by atoms with van der Waals surface area (Å²) in [6, 6.07) is 6.30. The molecule has 0 unspecified atom stereocenters. The van der Waals surface area contributed by atoms with Gasteiger partial charge in [0.2, 0.25) is 0 Å². The highest BCUT2D eigenvalue weighted by molar-refractivity contribution is 9.11. The van der Waals surface area contributed by atoms with E-state index in [1.807, 2.05) is 0 Å². The van der Waals surface area contributed by atoms with E-state index in [9.17, 15) is 4.39 Å². The van der Waals surface area contributed by atoms with E-state index in [2.05, 4.69) is 36.8 Å². The fourth-order valence-corrected chi connectivity index (χ4v) is 2.39. The molecule has 0 bridgehead atoms. The summed E-state index contributed by atoms with van der Waals surface area (Å²) < 4.78 is 14.4. The molecule has 0 aliphatic rings. The van der Waals surface area contributed by atoms with Gasteiger partial charge >= 0.3 is 0 Å². The Balaban J connectivity index is 2.87. The molecular formula is C9H4Br2FN. The smallest absolute Gasteiger partial charge is 0.124 e. The number of aromatic nitrogens is 1. The van der Waals surface area contributed by atoms with Gasteiger partial charge in [0.25, 0.3) is 0 Å². The zero-order valence-corrected chi connectivity index (χ0v) is 9.56. The first-order chi connectivity index (χ1) is 6.16. The second-order valence-corrected chi connectivity index (χ2v) is 4.26. The molecule has 0 aliphatic heterocycles. The maximum Gasteiger partial charge on any atom is 0.124 e. The van der Waals surface area contributed by atoms with Gasteiger partial charge in [-0.05, 0) is 56.1 Å². The number of hydrogen-bond donors (Lipinski definition) is 0. The predicted octanol–water partition coefficient (Wildman–Crippen LogP) is 3.90. The third kappa shape index (κ3) is 1.74. The minimum absolute atomic E-state index is 0.252. The van der Waals surface area contributed by atoms with E-state index in [1.165, 1.54) is 12.1 Å². The molecule has 0 aliphatic carbocycles. The summed E-state index contributed by atoms with van der Waals surface area (Å²) in [5, 5.41) is 0.781. The van der Waals surface area contributed by atoms with Crippen molar-refractivity contribution in [3.05, 3.63) is 39.2 Å². The van der Waals surface area contributed by atoms with Crippen molar-refractivity contribution in [2.75, 3.05) is 0 Å². The summed E-state index contributed by atoms with van der Waals surface area (Å²) in [6.45, 7) is 0. The maximum atomic E-state index is 12.9. The third-order valence-corrected chi connectivity index (χ3v) is 2.75. The van der Waals surface area contributed by atoms with Crippen LogP contribution in [0.3, 0.4) is 0 Å². The lowest BCUT2D eigenvalue weighted by molar-refractivity contribution is 0.629. The van der Waals surface area contributed by atoms with E-state index in [-0.39, 0.29) is 5.82 Å². The van der Waals surface area contributed by atoms with Crippen molar-refractivity contribution in [2.24, 2.45) is 0 Å². The van der Waals surface area contributed by atoms with Crippen molar-refractivity contribution in [3.8, 4) is 0 Å². The lowest BCUT2D eigenvalue weighted by Gasteiger charge is -2.00. The first kappa shape index (κ1) is 9.09. The first-order valence-corrected chi connectivity index (χ1v) is 5.17. The molecule has 0 amide bonds. The van der Waals surface area contributed by atoms with Gasteiger partial charge in [0.05, 0.1) is 5.52 Å². The number of fused-ring (bicyclic) bond motifs is 1. The van der Waals surface area contributed by atoms with Crippen LogP contribution in [0.15, 0.2) is 33.3 Å². The monoisotopic (exact) mass is 303 g/mol. The van der Waals surface area contributed by atoms with Crippen molar-refractivity contribution in [1.82, 2.24) is 4.98 Å². The summed E-state index contributed by atoms with van der Waals surface area (Å²) in [4.78, 5) is 4.20.